The first-order valence-electron chi connectivity index (χ1n) is 9.14. The van der Waals surface area contributed by atoms with Gasteiger partial charge < -0.3 is 25.0 Å². The number of benzene rings is 1. The van der Waals surface area contributed by atoms with Gasteiger partial charge in [0.1, 0.15) is 10.6 Å². The maximum absolute atomic E-state index is 12.4. The summed E-state index contributed by atoms with van der Waals surface area (Å²) >= 11 is 1.33. The Balaban J connectivity index is 0.000000501. The number of nitrogens with zero attached hydrogens (tertiary/aromatic N) is 1. The Bertz CT molecular complexity index is 911. The number of anilines is 1. The van der Waals surface area contributed by atoms with Gasteiger partial charge in [-0.15, -0.1) is 11.3 Å². The Morgan fingerprint density at radius 2 is 1.71 bits per heavy atom. The maximum Gasteiger partial charge on any atom is 0.414 e. The molecule has 1 fully saturated rings. The van der Waals surface area contributed by atoms with Crippen molar-refractivity contribution < 1.29 is 38.9 Å². The zero-order chi connectivity index (χ0) is 22.8. The molecule has 0 unspecified atom stereocenters. The Morgan fingerprint density at radius 1 is 1.10 bits per heavy atom. The van der Waals surface area contributed by atoms with Crippen LogP contribution in [0.5, 0.6) is 0 Å². The van der Waals surface area contributed by atoms with Crippen LogP contribution in [0.2, 0.25) is 0 Å². The molecule has 1 aliphatic rings. The lowest BCUT2D eigenvalue weighted by atomic mass is 10.0. The number of carbonyl (C=O) groups is 4. The molecule has 0 spiro atoms. The van der Waals surface area contributed by atoms with E-state index in [1.54, 1.807) is 0 Å². The molecule has 1 amide bonds. The highest BCUT2D eigenvalue weighted by molar-refractivity contribution is 7.15. The highest BCUT2D eigenvalue weighted by atomic mass is 32.1. The topological polar surface area (TPSA) is 142 Å². The van der Waals surface area contributed by atoms with Gasteiger partial charge in [0, 0.05) is 24.0 Å². The lowest BCUT2D eigenvalue weighted by Gasteiger charge is -2.25. The lowest BCUT2D eigenvalue weighted by Crippen LogP contribution is -2.41. The van der Waals surface area contributed by atoms with E-state index in [2.05, 4.69) is 5.32 Å². The van der Waals surface area contributed by atoms with Crippen molar-refractivity contribution >= 4 is 40.2 Å². The standard InChI is InChI=1S/C18H20N2O4S.C2H2O4/c1-23-18(22)16-14(13-5-3-2-4-6-13)12-25-17(16)19-15(21)11-20-7-9-24-10-8-20;3-1(4)2(5)6/h2-6,12H,7-11H2,1H3,(H,19,21);(H,3,4)(H,5,6). The van der Waals surface area contributed by atoms with E-state index in [0.29, 0.717) is 23.8 Å². The number of carboxylic acid groups (broad SMARTS) is 2. The summed E-state index contributed by atoms with van der Waals surface area (Å²) in [7, 11) is 1.34. The molecule has 166 valence electrons. The monoisotopic (exact) mass is 450 g/mol. The van der Waals surface area contributed by atoms with Gasteiger partial charge in [-0.3, -0.25) is 9.69 Å². The molecule has 0 bridgehead atoms. The predicted molar refractivity (Wildman–Crippen MR) is 112 cm³/mol. The van der Waals surface area contributed by atoms with Crippen molar-refractivity contribution in [1.29, 1.82) is 0 Å². The second kappa shape index (κ2) is 11.8. The number of thiophene rings is 1. The molecule has 3 N–H and O–H groups in total. The molecule has 1 saturated heterocycles. The molecule has 31 heavy (non-hydrogen) atoms. The summed E-state index contributed by atoms with van der Waals surface area (Å²) in [5, 5.41) is 20.0. The van der Waals surface area contributed by atoms with E-state index >= 15 is 0 Å². The first kappa shape index (κ1) is 24.0. The van der Waals surface area contributed by atoms with Crippen LogP contribution in [0.3, 0.4) is 0 Å². The van der Waals surface area contributed by atoms with Gasteiger partial charge in [0.2, 0.25) is 5.91 Å². The number of hydrogen-bond acceptors (Lipinski definition) is 8. The van der Waals surface area contributed by atoms with E-state index < -0.39 is 17.9 Å². The Morgan fingerprint density at radius 3 is 2.26 bits per heavy atom. The molecule has 1 aromatic heterocycles. The summed E-state index contributed by atoms with van der Waals surface area (Å²) in [6.45, 7) is 3.02. The van der Waals surface area contributed by atoms with Gasteiger partial charge in [0.05, 0.1) is 26.9 Å². The largest absolute Gasteiger partial charge is 0.473 e. The van der Waals surface area contributed by atoms with Crippen LogP contribution in [0.15, 0.2) is 35.7 Å². The molecule has 0 aliphatic carbocycles. The van der Waals surface area contributed by atoms with Crippen molar-refractivity contribution in [3.8, 4) is 11.1 Å². The minimum absolute atomic E-state index is 0.145. The fraction of sp³-hybridized carbons (Fsp3) is 0.300. The molecule has 10 nitrogen and oxygen atoms in total. The van der Waals surface area contributed by atoms with Crippen LogP contribution < -0.4 is 5.32 Å². The number of morpholine rings is 1. The fourth-order valence-electron chi connectivity index (χ4n) is 2.71. The molecule has 0 radical (unpaired) electrons. The number of methoxy groups -OCH3 is 1. The molecule has 3 rings (SSSR count). The smallest absolute Gasteiger partial charge is 0.414 e. The van der Waals surface area contributed by atoms with Crippen LogP contribution in [0.1, 0.15) is 10.4 Å². The number of nitrogens with one attached hydrogen (secondary N) is 1. The van der Waals surface area contributed by atoms with Gasteiger partial charge in [-0.25, -0.2) is 14.4 Å². The van der Waals surface area contributed by atoms with Crippen LogP contribution >= 0.6 is 11.3 Å². The van der Waals surface area contributed by atoms with Crippen molar-refractivity contribution in [1.82, 2.24) is 4.90 Å². The zero-order valence-electron chi connectivity index (χ0n) is 16.7. The van der Waals surface area contributed by atoms with Crippen LogP contribution in [0, 0.1) is 0 Å². The normalized spacial score (nSPS) is 13.5. The molecule has 11 heteroatoms. The van der Waals surface area contributed by atoms with Crippen molar-refractivity contribution in [2.24, 2.45) is 0 Å². The third-order valence-electron chi connectivity index (χ3n) is 4.17. The second-order valence-corrected chi connectivity index (χ2v) is 7.14. The third kappa shape index (κ3) is 7.17. The van der Waals surface area contributed by atoms with Gasteiger partial charge in [-0.05, 0) is 5.56 Å². The first-order chi connectivity index (χ1) is 14.8. The average Bonchev–Trinajstić information content (AvgIpc) is 3.18. The van der Waals surface area contributed by atoms with E-state index in [0.717, 1.165) is 24.2 Å². The van der Waals surface area contributed by atoms with E-state index in [1.807, 2.05) is 40.6 Å². The first-order valence-corrected chi connectivity index (χ1v) is 10.0. The number of carbonyl (C=O) groups excluding carboxylic acids is 2. The van der Waals surface area contributed by atoms with Crippen LogP contribution in [-0.2, 0) is 23.9 Å². The SMILES string of the molecule is COC(=O)c1c(-c2ccccc2)csc1NC(=O)CN1CCOCC1.O=C(O)C(=O)O. The minimum Gasteiger partial charge on any atom is -0.473 e. The van der Waals surface area contributed by atoms with Crippen molar-refractivity contribution in [3.05, 3.63) is 41.3 Å². The van der Waals surface area contributed by atoms with Crippen LogP contribution in [0.25, 0.3) is 11.1 Å². The number of esters is 1. The average molecular weight is 450 g/mol. The number of carboxylic acids is 2. The molecule has 2 aromatic rings. The van der Waals surface area contributed by atoms with E-state index in [9.17, 15) is 9.59 Å². The molecule has 2 heterocycles. The van der Waals surface area contributed by atoms with Gasteiger partial charge >= 0.3 is 17.9 Å². The summed E-state index contributed by atoms with van der Waals surface area (Å²) < 4.78 is 10.2. The summed E-state index contributed by atoms with van der Waals surface area (Å²) in [6, 6.07) is 9.58. The Kier molecular flexibility index (Phi) is 9.13. The summed E-state index contributed by atoms with van der Waals surface area (Å²) in [4.78, 5) is 44.8. The Labute approximate surface area is 182 Å². The van der Waals surface area contributed by atoms with Gasteiger partial charge in [-0.2, -0.15) is 0 Å². The molecule has 1 aliphatic heterocycles. The third-order valence-corrected chi connectivity index (χ3v) is 5.07. The van der Waals surface area contributed by atoms with E-state index in [1.165, 1.54) is 18.4 Å². The van der Waals surface area contributed by atoms with Crippen LogP contribution in [-0.4, -0.2) is 78.9 Å². The maximum atomic E-state index is 12.4. The summed E-state index contributed by atoms with van der Waals surface area (Å²) in [6.07, 6.45) is 0. The zero-order valence-corrected chi connectivity index (χ0v) is 17.5. The lowest BCUT2D eigenvalue weighted by molar-refractivity contribution is -0.159. The summed E-state index contributed by atoms with van der Waals surface area (Å²) in [5.74, 6) is -4.25. The molecular weight excluding hydrogens is 428 g/mol. The number of hydrogen-bond donors (Lipinski definition) is 3. The quantitative estimate of drug-likeness (QED) is 0.457. The van der Waals surface area contributed by atoms with Crippen molar-refractivity contribution in [2.45, 2.75) is 0 Å². The van der Waals surface area contributed by atoms with Gasteiger partial charge in [0.25, 0.3) is 0 Å². The van der Waals surface area contributed by atoms with Crippen LogP contribution in [0.4, 0.5) is 5.00 Å². The summed E-state index contributed by atoms with van der Waals surface area (Å²) in [5.41, 5.74) is 2.07. The minimum atomic E-state index is -1.82. The molecule has 0 saturated carbocycles. The molecule has 1 aromatic carbocycles. The van der Waals surface area contributed by atoms with Crippen molar-refractivity contribution in [2.75, 3.05) is 45.3 Å². The van der Waals surface area contributed by atoms with E-state index in [4.69, 9.17) is 29.3 Å². The number of amides is 1. The second-order valence-electron chi connectivity index (χ2n) is 6.26. The highest BCUT2D eigenvalue weighted by Crippen LogP contribution is 2.36. The Hall–Kier alpha value is -3.28. The molecular formula is C20H22N2O8S. The number of rotatable bonds is 5. The van der Waals surface area contributed by atoms with Crippen molar-refractivity contribution in [3.63, 3.8) is 0 Å². The van der Waals surface area contributed by atoms with Gasteiger partial charge in [-0.1, -0.05) is 30.3 Å². The fourth-order valence-corrected chi connectivity index (χ4v) is 3.69. The number of aliphatic carboxylic acids is 2. The van der Waals surface area contributed by atoms with E-state index in [-0.39, 0.29) is 12.5 Å². The molecule has 0 atom stereocenters. The van der Waals surface area contributed by atoms with Gasteiger partial charge in [0.15, 0.2) is 0 Å². The number of ether oxygens (including phenoxy) is 2. The predicted octanol–water partition coefficient (Wildman–Crippen LogP) is 1.63. The highest BCUT2D eigenvalue weighted by Gasteiger charge is 2.23.